The maximum atomic E-state index is 13.1. The van der Waals surface area contributed by atoms with Gasteiger partial charge < -0.3 is 4.74 Å². The Bertz CT molecular complexity index is 1300. The first kappa shape index (κ1) is 22.3. The smallest absolute Gasteiger partial charge is 0.419 e. The van der Waals surface area contributed by atoms with Gasteiger partial charge in [0.1, 0.15) is 5.60 Å². The number of aromatic nitrogens is 1. The van der Waals surface area contributed by atoms with Gasteiger partial charge in [-0.1, -0.05) is 36.4 Å². The fourth-order valence-corrected chi connectivity index (χ4v) is 3.85. The molecule has 0 bridgehead atoms. The van der Waals surface area contributed by atoms with Gasteiger partial charge in [0.05, 0.1) is 10.4 Å². The van der Waals surface area contributed by atoms with Gasteiger partial charge in [0.25, 0.3) is 5.69 Å². The normalized spacial score (nSPS) is 11.5. The number of nitro groups is 1. The molecule has 33 heavy (non-hydrogen) atoms. The van der Waals surface area contributed by atoms with E-state index < -0.39 is 16.6 Å². The van der Waals surface area contributed by atoms with Crippen LogP contribution in [-0.2, 0) is 17.6 Å². The molecular formula is C27H26N2O4. The molecule has 0 atom stereocenters. The van der Waals surface area contributed by atoms with Crippen LogP contribution in [-0.4, -0.2) is 21.2 Å². The second-order valence-corrected chi connectivity index (χ2v) is 9.01. The van der Waals surface area contributed by atoms with E-state index in [1.807, 2.05) is 63.2 Å². The van der Waals surface area contributed by atoms with Crippen molar-refractivity contribution in [1.82, 2.24) is 4.57 Å². The minimum absolute atomic E-state index is 0.0547. The summed E-state index contributed by atoms with van der Waals surface area (Å²) >= 11 is 0. The van der Waals surface area contributed by atoms with E-state index in [4.69, 9.17) is 4.74 Å². The predicted octanol–water partition coefficient (Wildman–Crippen LogP) is 6.78. The molecule has 0 saturated carbocycles. The molecule has 0 aliphatic rings. The minimum Gasteiger partial charge on any atom is -0.443 e. The van der Waals surface area contributed by atoms with Gasteiger partial charge in [-0.15, -0.1) is 0 Å². The summed E-state index contributed by atoms with van der Waals surface area (Å²) in [7, 11) is 0. The molecule has 4 aromatic rings. The number of carbonyl (C=O) groups is 1. The van der Waals surface area contributed by atoms with E-state index in [1.165, 1.54) is 17.7 Å². The third-order valence-corrected chi connectivity index (χ3v) is 5.38. The van der Waals surface area contributed by atoms with Crippen LogP contribution in [0, 0.1) is 10.1 Å². The summed E-state index contributed by atoms with van der Waals surface area (Å²) in [4.78, 5) is 23.6. The quantitative estimate of drug-likeness (QED) is 0.252. The summed E-state index contributed by atoms with van der Waals surface area (Å²) in [5.41, 5.74) is 4.10. The third kappa shape index (κ3) is 5.12. The molecule has 6 heteroatoms. The van der Waals surface area contributed by atoms with Crippen LogP contribution in [0.25, 0.3) is 22.0 Å². The summed E-state index contributed by atoms with van der Waals surface area (Å²) in [6.07, 6.45) is 1.09. The van der Waals surface area contributed by atoms with Gasteiger partial charge in [0.15, 0.2) is 0 Å². The number of nitrogens with zero attached hydrogens (tertiary/aromatic N) is 2. The van der Waals surface area contributed by atoms with E-state index >= 15 is 0 Å². The molecule has 0 unspecified atom stereocenters. The van der Waals surface area contributed by atoms with Gasteiger partial charge in [-0.3, -0.25) is 10.1 Å². The topological polar surface area (TPSA) is 74.4 Å². The number of aryl methyl sites for hydroxylation is 2. The second-order valence-electron chi connectivity index (χ2n) is 9.01. The number of ether oxygens (including phenoxy) is 1. The summed E-state index contributed by atoms with van der Waals surface area (Å²) < 4.78 is 7.35. The molecule has 1 aromatic heterocycles. The zero-order chi connectivity index (χ0) is 23.6. The number of non-ortho nitro benzene ring substituents is 1. The predicted molar refractivity (Wildman–Crippen MR) is 130 cm³/mol. The largest absolute Gasteiger partial charge is 0.443 e. The van der Waals surface area contributed by atoms with Crippen LogP contribution in [0.4, 0.5) is 10.5 Å². The van der Waals surface area contributed by atoms with Crippen molar-refractivity contribution < 1.29 is 14.5 Å². The lowest BCUT2D eigenvalue weighted by molar-refractivity contribution is -0.384. The lowest BCUT2D eigenvalue weighted by Crippen LogP contribution is -2.28. The first-order chi connectivity index (χ1) is 15.7. The van der Waals surface area contributed by atoms with Crippen LogP contribution < -0.4 is 0 Å². The summed E-state index contributed by atoms with van der Waals surface area (Å²) in [5.74, 6) is 0. The third-order valence-electron chi connectivity index (χ3n) is 5.38. The van der Waals surface area contributed by atoms with Crippen molar-refractivity contribution in [3.8, 4) is 11.1 Å². The average Bonchev–Trinajstić information content (AvgIpc) is 3.15. The Balaban J connectivity index is 1.73. The maximum absolute atomic E-state index is 13.1. The van der Waals surface area contributed by atoms with Gasteiger partial charge in [-0.2, -0.15) is 0 Å². The minimum atomic E-state index is -0.608. The number of nitro benzene ring substituents is 1. The van der Waals surface area contributed by atoms with Crippen LogP contribution in [0.15, 0.2) is 78.9 Å². The molecule has 0 aliphatic carbocycles. The Morgan fingerprint density at radius 2 is 1.58 bits per heavy atom. The maximum Gasteiger partial charge on any atom is 0.419 e. The molecular weight excluding hydrogens is 416 g/mol. The molecule has 4 rings (SSSR count). The summed E-state index contributed by atoms with van der Waals surface area (Å²) in [6, 6.07) is 24.5. The van der Waals surface area contributed by atoms with Crippen molar-refractivity contribution in [3.63, 3.8) is 0 Å². The number of fused-ring (bicyclic) bond motifs is 1. The van der Waals surface area contributed by atoms with Gasteiger partial charge in [-0.05, 0) is 80.6 Å². The molecule has 0 amide bonds. The van der Waals surface area contributed by atoms with Crippen molar-refractivity contribution in [2.45, 2.75) is 39.2 Å². The van der Waals surface area contributed by atoms with E-state index in [-0.39, 0.29) is 5.69 Å². The van der Waals surface area contributed by atoms with Gasteiger partial charge in [0.2, 0.25) is 0 Å². The highest BCUT2D eigenvalue weighted by Gasteiger charge is 2.22. The fraction of sp³-hybridized carbons (Fsp3) is 0.222. The molecule has 6 nitrogen and oxygen atoms in total. The lowest BCUT2D eigenvalue weighted by Gasteiger charge is -2.21. The Kier molecular flexibility index (Phi) is 6.01. The molecule has 3 aromatic carbocycles. The number of hydrogen-bond donors (Lipinski definition) is 0. The molecule has 1 heterocycles. The van der Waals surface area contributed by atoms with Crippen LogP contribution in [0.3, 0.4) is 0 Å². The zero-order valence-electron chi connectivity index (χ0n) is 18.9. The Labute approximate surface area is 192 Å². The molecule has 0 N–H and O–H groups in total. The molecule has 168 valence electrons. The average molecular weight is 443 g/mol. The van der Waals surface area contributed by atoms with Crippen molar-refractivity contribution in [3.05, 3.63) is 100 Å². The van der Waals surface area contributed by atoms with Crippen molar-refractivity contribution in [2.24, 2.45) is 0 Å². The Hall–Kier alpha value is -3.93. The molecule has 0 radical (unpaired) electrons. The fourth-order valence-electron chi connectivity index (χ4n) is 3.85. The first-order valence-electron chi connectivity index (χ1n) is 10.9. The lowest BCUT2D eigenvalue weighted by atomic mass is 10.0. The van der Waals surface area contributed by atoms with Crippen LogP contribution in [0.1, 0.15) is 32.0 Å². The van der Waals surface area contributed by atoms with Crippen molar-refractivity contribution in [2.75, 3.05) is 0 Å². The molecule has 0 fully saturated rings. The Morgan fingerprint density at radius 1 is 0.909 bits per heavy atom. The monoisotopic (exact) mass is 442 g/mol. The number of hydrogen-bond acceptors (Lipinski definition) is 4. The first-order valence-corrected chi connectivity index (χ1v) is 10.9. The Morgan fingerprint density at radius 3 is 2.21 bits per heavy atom. The van der Waals surface area contributed by atoms with Crippen molar-refractivity contribution >= 4 is 22.7 Å². The SMILES string of the molecule is CC(C)(C)OC(=O)n1c(CCc2ccccc2)cc2cc(-c3ccc([N+](=O)[O-])cc3)ccc21. The van der Waals surface area contributed by atoms with Gasteiger partial charge in [-0.25, -0.2) is 9.36 Å². The highest BCUT2D eigenvalue weighted by atomic mass is 16.6. The number of carbonyl (C=O) groups excluding carboxylic acids is 1. The van der Waals surface area contributed by atoms with E-state index in [2.05, 4.69) is 12.1 Å². The van der Waals surface area contributed by atoms with Gasteiger partial charge in [0, 0.05) is 23.2 Å². The second kappa shape index (κ2) is 8.90. The van der Waals surface area contributed by atoms with Crippen LogP contribution >= 0.6 is 0 Å². The van der Waals surface area contributed by atoms with Gasteiger partial charge >= 0.3 is 6.09 Å². The van der Waals surface area contributed by atoms with Crippen LogP contribution in [0.2, 0.25) is 0 Å². The van der Waals surface area contributed by atoms with Crippen molar-refractivity contribution in [1.29, 1.82) is 0 Å². The van der Waals surface area contributed by atoms with E-state index in [9.17, 15) is 14.9 Å². The molecule has 0 saturated heterocycles. The standard InChI is InChI=1S/C27H26N2O4/c1-27(2,3)33-26(30)28-24(13-9-19-7-5-4-6-8-19)18-22-17-21(12-16-25(22)28)20-10-14-23(15-11-20)29(31)32/h4-8,10-12,14-18H,9,13H2,1-3H3. The number of rotatable bonds is 5. The van der Waals surface area contributed by atoms with E-state index in [1.54, 1.807) is 16.7 Å². The molecule has 0 aliphatic heterocycles. The highest BCUT2D eigenvalue weighted by molar-refractivity contribution is 5.93. The zero-order valence-corrected chi connectivity index (χ0v) is 18.9. The summed E-state index contributed by atoms with van der Waals surface area (Å²) in [6.45, 7) is 5.56. The molecule has 0 spiro atoms. The summed E-state index contributed by atoms with van der Waals surface area (Å²) in [5, 5.41) is 11.9. The van der Waals surface area contributed by atoms with Crippen LogP contribution in [0.5, 0.6) is 0 Å². The van der Waals surface area contributed by atoms with E-state index in [0.29, 0.717) is 6.42 Å². The number of benzene rings is 3. The van der Waals surface area contributed by atoms with E-state index in [0.717, 1.165) is 34.1 Å². The highest BCUT2D eigenvalue weighted by Crippen LogP contribution is 2.29.